The van der Waals surface area contributed by atoms with Gasteiger partial charge in [0.05, 0.1) is 33.2 Å². The van der Waals surface area contributed by atoms with Crippen LogP contribution in [0.4, 0.5) is 34.1 Å². The van der Waals surface area contributed by atoms with Gasteiger partial charge in [0.2, 0.25) is 0 Å². The molecule has 10 aromatic carbocycles. The van der Waals surface area contributed by atoms with Crippen molar-refractivity contribution in [3.63, 3.8) is 0 Å². The first-order valence-electron chi connectivity index (χ1n) is 24.4. The SMILES string of the molecule is Cc1ccc(C)c(N(c2ccccc2C)c2cc3c(c4oc5ccccc5c24)-c2c4cc(c5c2oc2ccccc25)N(c2ccccc2C)c2cc(C)ccc2-c2cccc5c2C34c2ccccc2-5)c1. The summed E-state index contributed by atoms with van der Waals surface area (Å²) in [4.78, 5) is 5.05. The van der Waals surface area contributed by atoms with E-state index >= 15 is 0 Å². The molecule has 3 aliphatic rings. The summed E-state index contributed by atoms with van der Waals surface area (Å²) in [5.74, 6) is 0. The van der Waals surface area contributed by atoms with E-state index in [1.54, 1.807) is 0 Å². The molecule has 1 aliphatic heterocycles. The molecule has 0 radical (unpaired) electrons. The number of benzene rings is 10. The Morgan fingerprint density at radius 3 is 1.74 bits per heavy atom. The van der Waals surface area contributed by atoms with E-state index in [2.05, 4.69) is 232 Å². The molecule has 70 heavy (non-hydrogen) atoms. The van der Waals surface area contributed by atoms with Gasteiger partial charge in [0.25, 0.3) is 0 Å². The van der Waals surface area contributed by atoms with Crippen molar-refractivity contribution in [2.75, 3.05) is 9.80 Å². The van der Waals surface area contributed by atoms with Gasteiger partial charge >= 0.3 is 0 Å². The molecule has 4 heteroatoms. The van der Waals surface area contributed by atoms with Crippen LogP contribution in [-0.2, 0) is 5.41 Å². The van der Waals surface area contributed by atoms with Crippen molar-refractivity contribution in [2.45, 2.75) is 40.0 Å². The average molecular weight is 899 g/mol. The Kier molecular flexibility index (Phi) is 7.88. The highest BCUT2D eigenvalue weighted by Gasteiger charge is 2.56. The van der Waals surface area contributed by atoms with E-state index in [9.17, 15) is 0 Å². The van der Waals surface area contributed by atoms with E-state index < -0.39 is 5.41 Å². The first kappa shape index (κ1) is 39.4. The summed E-state index contributed by atoms with van der Waals surface area (Å²) in [6.07, 6.45) is 0. The summed E-state index contributed by atoms with van der Waals surface area (Å²) >= 11 is 0. The van der Waals surface area contributed by atoms with Gasteiger partial charge < -0.3 is 18.6 Å². The summed E-state index contributed by atoms with van der Waals surface area (Å²) in [6.45, 7) is 11.1. The van der Waals surface area contributed by atoms with Crippen molar-refractivity contribution in [1.82, 2.24) is 0 Å². The molecule has 332 valence electrons. The fourth-order valence-electron chi connectivity index (χ4n) is 12.9. The zero-order chi connectivity index (χ0) is 46.7. The molecule has 15 rings (SSSR count). The Morgan fingerprint density at radius 2 is 0.971 bits per heavy atom. The smallest absolute Gasteiger partial charge is 0.145 e. The normalized spacial score (nSPS) is 15.0. The largest absolute Gasteiger partial charge is 0.455 e. The molecule has 0 N–H and O–H groups in total. The third kappa shape index (κ3) is 4.95. The van der Waals surface area contributed by atoms with Crippen molar-refractivity contribution < 1.29 is 8.83 Å². The molecule has 1 unspecified atom stereocenters. The van der Waals surface area contributed by atoms with Crippen LogP contribution < -0.4 is 9.80 Å². The van der Waals surface area contributed by atoms with Crippen LogP contribution in [0.3, 0.4) is 0 Å². The second kappa shape index (κ2) is 14.0. The second-order valence-electron chi connectivity index (χ2n) is 19.8. The molecular formula is C66H46N2O2. The highest BCUT2D eigenvalue weighted by molar-refractivity contribution is 6.26. The van der Waals surface area contributed by atoms with Crippen LogP contribution in [0.5, 0.6) is 0 Å². The average Bonchev–Trinajstić information content (AvgIpc) is 4.12. The predicted octanol–water partition coefficient (Wildman–Crippen LogP) is 18.3. The molecule has 12 aromatic rings. The van der Waals surface area contributed by atoms with E-state index in [-0.39, 0.29) is 0 Å². The zero-order valence-corrected chi connectivity index (χ0v) is 39.6. The lowest BCUT2D eigenvalue weighted by Crippen LogP contribution is -2.27. The lowest BCUT2D eigenvalue weighted by molar-refractivity contribution is 0.665. The van der Waals surface area contributed by atoms with Crippen molar-refractivity contribution in [2.24, 2.45) is 0 Å². The van der Waals surface area contributed by atoms with Crippen LogP contribution in [0.2, 0.25) is 0 Å². The number of rotatable bonds is 4. The number of nitrogens with zero attached hydrogens (tertiary/aromatic N) is 2. The number of anilines is 6. The molecule has 2 aliphatic carbocycles. The molecular weight excluding hydrogens is 853 g/mol. The van der Waals surface area contributed by atoms with Crippen LogP contribution in [-0.4, -0.2) is 0 Å². The van der Waals surface area contributed by atoms with Gasteiger partial charge in [0, 0.05) is 44.5 Å². The van der Waals surface area contributed by atoms with Gasteiger partial charge in [-0.3, -0.25) is 0 Å². The Hall–Kier alpha value is -8.60. The van der Waals surface area contributed by atoms with Crippen LogP contribution in [0.1, 0.15) is 50.1 Å². The van der Waals surface area contributed by atoms with Crippen molar-refractivity contribution in [1.29, 1.82) is 0 Å². The van der Waals surface area contributed by atoms with E-state index in [4.69, 9.17) is 8.83 Å². The minimum Gasteiger partial charge on any atom is -0.455 e. The molecule has 0 saturated heterocycles. The van der Waals surface area contributed by atoms with E-state index in [0.29, 0.717) is 0 Å². The monoisotopic (exact) mass is 898 g/mol. The number of hydrogen-bond donors (Lipinski definition) is 0. The molecule has 1 spiro atoms. The predicted molar refractivity (Wildman–Crippen MR) is 289 cm³/mol. The quantitative estimate of drug-likeness (QED) is 0.176. The zero-order valence-electron chi connectivity index (χ0n) is 39.6. The summed E-state index contributed by atoms with van der Waals surface area (Å²) in [7, 11) is 0. The maximum Gasteiger partial charge on any atom is 0.145 e. The lowest BCUT2D eigenvalue weighted by Gasteiger charge is -2.34. The highest BCUT2D eigenvalue weighted by atomic mass is 16.3. The maximum atomic E-state index is 7.50. The Labute approximate surface area is 406 Å². The van der Waals surface area contributed by atoms with Gasteiger partial charge in [0.1, 0.15) is 22.3 Å². The number of fused-ring (bicyclic) bond motifs is 10. The first-order valence-corrected chi connectivity index (χ1v) is 24.4. The second-order valence-corrected chi connectivity index (χ2v) is 19.8. The van der Waals surface area contributed by atoms with Gasteiger partial charge in [-0.2, -0.15) is 0 Å². The number of furan rings is 2. The molecule has 3 heterocycles. The molecule has 0 saturated carbocycles. The van der Waals surface area contributed by atoms with Gasteiger partial charge in [-0.15, -0.1) is 0 Å². The molecule has 2 aromatic heterocycles. The Bertz CT molecular complexity index is 4280. The minimum absolute atomic E-state index is 0.806. The molecule has 0 amide bonds. The van der Waals surface area contributed by atoms with Gasteiger partial charge in [0.15, 0.2) is 0 Å². The molecule has 4 bridgehead atoms. The summed E-state index contributed by atoms with van der Waals surface area (Å²) in [5.41, 5.74) is 27.2. The van der Waals surface area contributed by atoms with E-state index in [1.165, 1.54) is 72.3 Å². The lowest BCUT2D eigenvalue weighted by atomic mass is 9.68. The minimum atomic E-state index is -0.806. The first-order chi connectivity index (χ1) is 34.3. The standard InChI is InChI=1S/C66H46N2O2/c1-37-29-31-41(5)53(33-37)67(51-25-12-6-17-39(51)3)55-35-49-61(64-59(55)46-20-9-14-27-57(46)69-64)62-50-36-56(60-47-21-10-15-28-58(47)70-65(60)62)68(52-26-13-7-18-40(52)4)54-34-38(2)30-32-43(54)45-23-16-22-44-42-19-8-11-24-48(42)66(49,50)63(44)45/h6-36H,1-5H3. The highest BCUT2D eigenvalue weighted by Crippen LogP contribution is 2.70. The number of aryl methyl sites for hydroxylation is 5. The molecule has 0 fully saturated rings. The number of para-hydroxylation sites is 4. The van der Waals surface area contributed by atoms with Gasteiger partial charge in [-0.05, 0) is 150 Å². The summed E-state index contributed by atoms with van der Waals surface area (Å²) in [6, 6.07) is 69.9. The number of hydrogen-bond acceptors (Lipinski definition) is 4. The Balaban J connectivity index is 1.23. The third-order valence-electron chi connectivity index (χ3n) is 15.9. The Morgan fingerprint density at radius 1 is 0.386 bits per heavy atom. The van der Waals surface area contributed by atoms with Crippen molar-refractivity contribution >= 4 is 78.0 Å². The summed E-state index contributed by atoms with van der Waals surface area (Å²) in [5, 5.41) is 4.30. The van der Waals surface area contributed by atoms with Gasteiger partial charge in [-0.1, -0.05) is 140 Å². The van der Waals surface area contributed by atoms with Gasteiger partial charge in [-0.25, -0.2) is 0 Å². The molecule has 1 atom stereocenters. The van der Waals surface area contributed by atoms with E-state index in [1.807, 2.05) is 0 Å². The van der Waals surface area contributed by atoms with Crippen LogP contribution in [0.15, 0.2) is 197 Å². The maximum absolute atomic E-state index is 7.50. The summed E-state index contributed by atoms with van der Waals surface area (Å²) < 4.78 is 15.0. The van der Waals surface area contributed by atoms with Crippen LogP contribution in [0.25, 0.3) is 77.3 Å². The van der Waals surface area contributed by atoms with E-state index in [0.717, 1.165) is 89.1 Å². The van der Waals surface area contributed by atoms with Crippen molar-refractivity contribution in [3.8, 4) is 33.4 Å². The topological polar surface area (TPSA) is 32.8 Å². The molecule has 4 nitrogen and oxygen atoms in total. The fraction of sp³-hybridized carbons (Fsp3) is 0.0909. The fourth-order valence-corrected chi connectivity index (χ4v) is 12.9. The van der Waals surface area contributed by atoms with Crippen LogP contribution in [0, 0.1) is 34.6 Å². The van der Waals surface area contributed by atoms with Crippen molar-refractivity contribution in [3.05, 3.63) is 238 Å². The third-order valence-corrected chi connectivity index (χ3v) is 15.9. The van der Waals surface area contributed by atoms with Crippen LogP contribution >= 0.6 is 0 Å².